The molecule has 5 aliphatic carbocycles. The molecule has 44 heavy (non-hydrogen) atoms. The van der Waals surface area contributed by atoms with Crippen LogP contribution in [0.1, 0.15) is 133 Å². The Kier molecular flexibility index (Phi) is 8.27. The van der Waals surface area contributed by atoms with Crippen molar-refractivity contribution in [3.63, 3.8) is 0 Å². The van der Waals surface area contributed by atoms with Gasteiger partial charge in [0.25, 0.3) is 0 Å². The van der Waals surface area contributed by atoms with Gasteiger partial charge in [0.1, 0.15) is 18.3 Å². The van der Waals surface area contributed by atoms with Crippen molar-refractivity contribution in [2.45, 2.75) is 145 Å². The fourth-order valence-corrected chi connectivity index (χ4v) is 12.5. The molecule has 0 aromatic carbocycles. The molecular weight excluding hydrogens is 552 g/mol. The van der Waals surface area contributed by atoms with E-state index in [9.17, 15) is 14.4 Å². The number of hydrogen-bond acceptors (Lipinski definition) is 6. The highest BCUT2D eigenvalue weighted by Crippen LogP contribution is 2.77. The van der Waals surface area contributed by atoms with Crippen LogP contribution in [0.3, 0.4) is 0 Å². The fraction of sp³-hybridized carbons (Fsp3) is 0.868. The van der Waals surface area contributed by atoms with Crippen LogP contribution >= 0.6 is 0 Å². The van der Waals surface area contributed by atoms with Crippen molar-refractivity contribution in [1.82, 2.24) is 0 Å². The third kappa shape index (κ3) is 4.89. The number of ether oxygens (including phenoxy) is 3. The standard InChI is InChI=1S/C38H60O6/c1-23(2)26-14-19-38(32(41)44-33(5,6)7)21-20-36(10)27(31(26)38)12-13-29-34(8)17-16-30(43-25(4)40)35(9,22-42-24(3)39)28(34)15-18-37(29,36)11/h26-31H,1,12-22H2,2-11H3/t26-,27?,28?,29?,30-,31?,34-,35-,36+,37+,38-/m0/s1. The van der Waals surface area contributed by atoms with Crippen molar-refractivity contribution in [1.29, 1.82) is 0 Å². The van der Waals surface area contributed by atoms with Crippen LogP contribution in [-0.4, -0.2) is 36.2 Å². The van der Waals surface area contributed by atoms with E-state index in [0.29, 0.717) is 17.8 Å². The number of hydrogen-bond donors (Lipinski definition) is 0. The molecule has 0 heterocycles. The maximum absolute atomic E-state index is 14.1. The van der Waals surface area contributed by atoms with Crippen LogP contribution in [0.25, 0.3) is 0 Å². The molecule has 5 rings (SSSR count). The van der Waals surface area contributed by atoms with E-state index >= 15 is 0 Å². The molecule has 11 atom stereocenters. The minimum Gasteiger partial charge on any atom is -0.465 e. The number of fused-ring (bicyclic) bond motifs is 7. The van der Waals surface area contributed by atoms with Crippen LogP contribution in [0.2, 0.25) is 0 Å². The number of carbonyl (C=O) groups excluding carboxylic acids is 3. The van der Waals surface area contributed by atoms with Gasteiger partial charge in [0.05, 0.1) is 5.41 Å². The summed E-state index contributed by atoms with van der Waals surface area (Å²) in [5, 5.41) is 0. The van der Waals surface area contributed by atoms with Crippen molar-refractivity contribution in [2.75, 3.05) is 6.61 Å². The normalized spacial score (nSPS) is 46.4. The average Bonchev–Trinajstić information content (AvgIpc) is 3.30. The summed E-state index contributed by atoms with van der Waals surface area (Å²) in [6, 6.07) is 0. The first-order valence-corrected chi connectivity index (χ1v) is 17.4. The highest BCUT2D eigenvalue weighted by atomic mass is 16.6. The van der Waals surface area contributed by atoms with Crippen LogP contribution < -0.4 is 0 Å². The van der Waals surface area contributed by atoms with E-state index in [4.69, 9.17) is 14.2 Å². The predicted octanol–water partition coefficient (Wildman–Crippen LogP) is 8.46. The van der Waals surface area contributed by atoms with E-state index in [2.05, 4.69) is 41.2 Å². The second-order valence-corrected chi connectivity index (χ2v) is 17.8. The van der Waals surface area contributed by atoms with Gasteiger partial charge in [-0.1, -0.05) is 39.8 Å². The summed E-state index contributed by atoms with van der Waals surface area (Å²) >= 11 is 0. The molecule has 6 heteroatoms. The van der Waals surface area contributed by atoms with Gasteiger partial charge < -0.3 is 14.2 Å². The topological polar surface area (TPSA) is 78.9 Å². The Balaban J connectivity index is 1.52. The van der Waals surface area contributed by atoms with Gasteiger partial charge >= 0.3 is 17.9 Å². The van der Waals surface area contributed by atoms with Gasteiger partial charge in [-0.05, 0) is 138 Å². The van der Waals surface area contributed by atoms with Crippen molar-refractivity contribution in [2.24, 2.45) is 56.7 Å². The molecule has 4 unspecified atom stereocenters. The summed E-state index contributed by atoms with van der Waals surface area (Å²) < 4.78 is 17.9. The fourth-order valence-electron chi connectivity index (χ4n) is 12.5. The maximum Gasteiger partial charge on any atom is 0.312 e. The monoisotopic (exact) mass is 612 g/mol. The molecule has 0 aromatic rings. The molecule has 0 bridgehead atoms. The average molecular weight is 613 g/mol. The first-order valence-electron chi connectivity index (χ1n) is 17.4. The molecule has 6 nitrogen and oxygen atoms in total. The summed E-state index contributed by atoms with van der Waals surface area (Å²) in [5.74, 6) is 1.33. The summed E-state index contributed by atoms with van der Waals surface area (Å²) in [6.45, 7) is 25.7. The van der Waals surface area contributed by atoms with Gasteiger partial charge in [0, 0.05) is 19.3 Å². The largest absolute Gasteiger partial charge is 0.465 e. The lowest BCUT2D eigenvalue weighted by molar-refractivity contribution is -0.258. The first kappa shape index (κ1) is 33.5. The zero-order valence-corrected chi connectivity index (χ0v) is 29.4. The summed E-state index contributed by atoms with van der Waals surface area (Å²) in [7, 11) is 0. The Morgan fingerprint density at radius 3 is 2.05 bits per heavy atom. The van der Waals surface area contributed by atoms with Crippen LogP contribution in [0.5, 0.6) is 0 Å². The summed E-state index contributed by atoms with van der Waals surface area (Å²) in [4.78, 5) is 38.4. The second-order valence-electron chi connectivity index (χ2n) is 17.8. The molecule has 0 amide bonds. The third-order valence-corrected chi connectivity index (χ3v) is 14.5. The SMILES string of the molecule is C=C(C)[C@@H]1CC[C@]2(C(=O)OC(C)(C)C)CC[C@]3(C)C(CCC4[C@@]5(C)CC[C@H](OC(C)=O)[C@@](C)(COC(C)=O)C5CC[C@]43C)C12. The molecule has 0 N–H and O–H groups in total. The predicted molar refractivity (Wildman–Crippen MR) is 171 cm³/mol. The van der Waals surface area contributed by atoms with Crippen molar-refractivity contribution < 1.29 is 28.6 Å². The summed E-state index contributed by atoms with van der Waals surface area (Å²) in [6.07, 6.45) is 9.78. The quantitative estimate of drug-likeness (QED) is 0.176. The molecule has 5 aliphatic rings. The van der Waals surface area contributed by atoms with Crippen LogP contribution in [-0.2, 0) is 28.6 Å². The molecule has 0 aromatic heterocycles. The Hall–Kier alpha value is -1.85. The molecule has 5 saturated carbocycles. The molecule has 0 aliphatic heterocycles. The lowest BCUT2D eigenvalue weighted by Gasteiger charge is -2.72. The van der Waals surface area contributed by atoms with Gasteiger partial charge in [-0.3, -0.25) is 14.4 Å². The molecular formula is C38H60O6. The van der Waals surface area contributed by atoms with Gasteiger partial charge in [-0.2, -0.15) is 0 Å². The highest BCUT2D eigenvalue weighted by molar-refractivity contribution is 5.79. The van der Waals surface area contributed by atoms with E-state index in [-0.39, 0.29) is 58.7 Å². The van der Waals surface area contributed by atoms with Gasteiger partial charge in [-0.25, -0.2) is 0 Å². The first-order chi connectivity index (χ1) is 20.2. The molecule has 0 saturated heterocycles. The minimum absolute atomic E-state index is 0.0220. The number of esters is 3. The number of rotatable bonds is 5. The van der Waals surface area contributed by atoms with Gasteiger partial charge in [0.15, 0.2) is 0 Å². The van der Waals surface area contributed by atoms with Crippen LogP contribution in [0.4, 0.5) is 0 Å². The Labute approximate surface area is 266 Å². The lowest BCUT2D eigenvalue weighted by Crippen LogP contribution is -2.68. The van der Waals surface area contributed by atoms with E-state index in [1.807, 2.05) is 20.8 Å². The lowest BCUT2D eigenvalue weighted by atomic mass is 9.32. The Morgan fingerprint density at radius 2 is 1.45 bits per heavy atom. The Morgan fingerprint density at radius 1 is 0.773 bits per heavy atom. The zero-order chi connectivity index (χ0) is 32.7. The highest BCUT2D eigenvalue weighted by Gasteiger charge is 2.73. The van der Waals surface area contributed by atoms with E-state index < -0.39 is 16.4 Å². The molecule has 0 spiro atoms. The second kappa shape index (κ2) is 10.9. The van der Waals surface area contributed by atoms with Crippen molar-refractivity contribution in [3.05, 3.63) is 12.2 Å². The maximum atomic E-state index is 14.1. The van der Waals surface area contributed by atoms with Crippen LogP contribution in [0, 0.1) is 56.7 Å². The molecule has 5 fully saturated rings. The summed E-state index contributed by atoms with van der Waals surface area (Å²) in [5.41, 5.74) is 0.109. The molecule has 0 radical (unpaired) electrons. The molecule has 248 valence electrons. The Bertz CT molecular complexity index is 1200. The van der Waals surface area contributed by atoms with Crippen molar-refractivity contribution >= 4 is 17.9 Å². The number of allylic oxidation sites excluding steroid dienone is 1. The van der Waals surface area contributed by atoms with Crippen molar-refractivity contribution in [3.8, 4) is 0 Å². The van der Waals surface area contributed by atoms with E-state index in [1.165, 1.54) is 19.4 Å². The van der Waals surface area contributed by atoms with Gasteiger partial charge in [0.2, 0.25) is 0 Å². The minimum atomic E-state index is -0.501. The van der Waals surface area contributed by atoms with E-state index in [0.717, 1.165) is 64.2 Å². The van der Waals surface area contributed by atoms with Gasteiger partial charge in [-0.15, -0.1) is 0 Å². The van der Waals surface area contributed by atoms with Crippen LogP contribution in [0.15, 0.2) is 12.2 Å². The van der Waals surface area contributed by atoms with E-state index in [1.54, 1.807) is 0 Å². The zero-order valence-electron chi connectivity index (χ0n) is 29.4. The smallest absolute Gasteiger partial charge is 0.312 e. The number of carbonyl (C=O) groups is 3. The third-order valence-electron chi connectivity index (χ3n) is 14.5.